The summed E-state index contributed by atoms with van der Waals surface area (Å²) in [5.74, 6) is 0.555. The zero-order valence-corrected chi connectivity index (χ0v) is 12.8. The SMILES string of the molecule is CCCc1c(CNC2CC2)cnn1C1CCS(=O)(=O)C1. The number of nitrogens with one attached hydrogen (secondary N) is 1. The van der Waals surface area contributed by atoms with Crippen molar-refractivity contribution in [3.8, 4) is 0 Å². The van der Waals surface area contributed by atoms with Crippen molar-refractivity contribution >= 4 is 9.84 Å². The Morgan fingerprint density at radius 1 is 1.40 bits per heavy atom. The van der Waals surface area contributed by atoms with Gasteiger partial charge in [0.25, 0.3) is 0 Å². The molecule has 1 aromatic rings. The molecule has 0 radical (unpaired) electrons. The molecule has 1 aromatic heterocycles. The fourth-order valence-electron chi connectivity index (χ4n) is 2.91. The number of hydrogen-bond acceptors (Lipinski definition) is 4. The van der Waals surface area contributed by atoms with Crippen LogP contribution >= 0.6 is 0 Å². The smallest absolute Gasteiger partial charge is 0.152 e. The predicted molar refractivity (Wildman–Crippen MR) is 78.4 cm³/mol. The van der Waals surface area contributed by atoms with Crippen LogP contribution in [0.25, 0.3) is 0 Å². The zero-order chi connectivity index (χ0) is 14.2. The van der Waals surface area contributed by atoms with E-state index in [4.69, 9.17) is 0 Å². The summed E-state index contributed by atoms with van der Waals surface area (Å²) in [7, 11) is -2.86. The predicted octanol–water partition coefficient (Wildman–Crippen LogP) is 1.45. The van der Waals surface area contributed by atoms with Crippen molar-refractivity contribution in [1.29, 1.82) is 0 Å². The van der Waals surface area contributed by atoms with Gasteiger partial charge in [0.05, 0.1) is 23.7 Å². The molecule has 2 heterocycles. The third-order valence-electron chi connectivity index (χ3n) is 4.18. The van der Waals surface area contributed by atoms with E-state index in [0.717, 1.165) is 19.4 Å². The quantitative estimate of drug-likeness (QED) is 0.863. The van der Waals surface area contributed by atoms with Crippen molar-refractivity contribution in [2.24, 2.45) is 0 Å². The summed E-state index contributed by atoms with van der Waals surface area (Å²) in [6.45, 7) is 3.01. The standard InChI is InChI=1S/C14H23N3O2S/c1-2-3-14-11(8-15-12-4-5-12)9-16-17(14)13-6-7-20(18,19)10-13/h9,12-13,15H,2-8,10H2,1H3. The molecule has 1 aliphatic carbocycles. The van der Waals surface area contributed by atoms with Crippen LogP contribution in [0.5, 0.6) is 0 Å². The molecular weight excluding hydrogens is 274 g/mol. The summed E-state index contributed by atoms with van der Waals surface area (Å²) in [5.41, 5.74) is 2.46. The van der Waals surface area contributed by atoms with Crippen LogP contribution in [0, 0.1) is 0 Å². The lowest BCUT2D eigenvalue weighted by Crippen LogP contribution is -2.18. The van der Waals surface area contributed by atoms with E-state index in [1.807, 2.05) is 10.9 Å². The first-order valence-corrected chi connectivity index (χ1v) is 9.40. The lowest BCUT2D eigenvalue weighted by Gasteiger charge is -2.14. The average molecular weight is 297 g/mol. The highest BCUT2D eigenvalue weighted by Gasteiger charge is 2.31. The van der Waals surface area contributed by atoms with E-state index < -0.39 is 9.84 Å². The second-order valence-corrected chi connectivity index (χ2v) is 8.25. The normalized spacial score (nSPS) is 25.1. The molecule has 2 aliphatic rings. The molecule has 1 atom stereocenters. The molecule has 5 nitrogen and oxygen atoms in total. The summed E-state index contributed by atoms with van der Waals surface area (Å²) in [6.07, 6.45) is 7.21. The maximum absolute atomic E-state index is 11.7. The van der Waals surface area contributed by atoms with E-state index >= 15 is 0 Å². The molecule has 0 amide bonds. The van der Waals surface area contributed by atoms with E-state index in [9.17, 15) is 8.42 Å². The monoisotopic (exact) mass is 297 g/mol. The summed E-state index contributed by atoms with van der Waals surface area (Å²) < 4.78 is 25.3. The van der Waals surface area contributed by atoms with Gasteiger partial charge in [-0.2, -0.15) is 5.10 Å². The van der Waals surface area contributed by atoms with Crippen molar-refractivity contribution < 1.29 is 8.42 Å². The van der Waals surface area contributed by atoms with E-state index in [-0.39, 0.29) is 11.8 Å². The molecule has 1 N–H and O–H groups in total. The molecule has 0 bridgehead atoms. The molecule has 3 rings (SSSR count). The molecule has 6 heteroatoms. The van der Waals surface area contributed by atoms with Gasteiger partial charge in [0.2, 0.25) is 0 Å². The van der Waals surface area contributed by atoms with Crippen LogP contribution < -0.4 is 5.32 Å². The Hall–Kier alpha value is -0.880. The molecule has 1 aliphatic heterocycles. The van der Waals surface area contributed by atoms with Gasteiger partial charge in [0, 0.05) is 23.8 Å². The third-order valence-corrected chi connectivity index (χ3v) is 5.94. The van der Waals surface area contributed by atoms with Gasteiger partial charge in [0.15, 0.2) is 9.84 Å². The highest BCUT2D eigenvalue weighted by Crippen LogP contribution is 2.27. The van der Waals surface area contributed by atoms with E-state index in [1.54, 1.807) is 0 Å². The first kappa shape index (κ1) is 14.1. The molecular formula is C14H23N3O2S. The van der Waals surface area contributed by atoms with Crippen LogP contribution in [0.3, 0.4) is 0 Å². The van der Waals surface area contributed by atoms with Crippen LogP contribution in [0.15, 0.2) is 6.20 Å². The summed E-state index contributed by atoms with van der Waals surface area (Å²) >= 11 is 0. The van der Waals surface area contributed by atoms with Crippen LogP contribution in [-0.4, -0.2) is 35.7 Å². The molecule has 1 saturated heterocycles. The minimum atomic E-state index is -2.86. The van der Waals surface area contributed by atoms with Gasteiger partial charge in [-0.05, 0) is 25.7 Å². The molecule has 0 aromatic carbocycles. The Morgan fingerprint density at radius 2 is 2.20 bits per heavy atom. The van der Waals surface area contributed by atoms with Gasteiger partial charge in [-0.15, -0.1) is 0 Å². The fourth-order valence-corrected chi connectivity index (χ4v) is 4.60. The van der Waals surface area contributed by atoms with Gasteiger partial charge < -0.3 is 5.32 Å². The number of aromatic nitrogens is 2. The topological polar surface area (TPSA) is 64.0 Å². The highest BCUT2D eigenvalue weighted by molar-refractivity contribution is 7.91. The van der Waals surface area contributed by atoms with Crippen molar-refractivity contribution in [2.45, 2.75) is 57.7 Å². The van der Waals surface area contributed by atoms with Crippen molar-refractivity contribution in [3.63, 3.8) is 0 Å². The first-order valence-electron chi connectivity index (χ1n) is 7.58. The Kier molecular flexibility index (Phi) is 3.86. The third kappa shape index (κ3) is 3.06. The van der Waals surface area contributed by atoms with Crippen molar-refractivity contribution in [1.82, 2.24) is 15.1 Å². The number of nitrogens with zero attached hydrogens (tertiary/aromatic N) is 2. The van der Waals surface area contributed by atoms with Gasteiger partial charge in [-0.25, -0.2) is 8.42 Å². The van der Waals surface area contributed by atoms with E-state index in [2.05, 4.69) is 17.3 Å². The molecule has 1 unspecified atom stereocenters. The minimum Gasteiger partial charge on any atom is -0.310 e. The molecule has 2 fully saturated rings. The lowest BCUT2D eigenvalue weighted by atomic mass is 10.1. The Labute approximate surface area is 120 Å². The summed E-state index contributed by atoms with van der Waals surface area (Å²) in [6, 6.07) is 0.718. The fraction of sp³-hybridized carbons (Fsp3) is 0.786. The molecule has 112 valence electrons. The van der Waals surface area contributed by atoms with Gasteiger partial charge in [-0.1, -0.05) is 13.3 Å². The Bertz CT molecular complexity index is 575. The van der Waals surface area contributed by atoms with Crippen molar-refractivity contribution in [3.05, 3.63) is 17.5 Å². The maximum atomic E-state index is 11.7. The Balaban J connectivity index is 1.78. The number of rotatable bonds is 6. The van der Waals surface area contributed by atoms with E-state index in [1.165, 1.54) is 24.1 Å². The van der Waals surface area contributed by atoms with E-state index in [0.29, 0.717) is 18.2 Å². The Morgan fingerprint density at radius 3 is 2.80 bits per heavy atom. The van der Waals surface area contributed by atoms with Crippen LogP contribution in [0.2, 0.25) is 0 Å². The van der Waals surface area contributed by atoms with Crippen molar-refractivity contribution in [2.75, 3.05) is 11.5 Å². The van der Waals surface area contributed by atoms with Crippen LogP contribution in [0.4, 0.5) is 0 Å². The zero-order valence-electron chi connectivity index (χ0n) is 12.0. The molecule has 20 heavy (non-hydrogen) atoms. The maximum Gasteiger partial charge on any atom is 0.152 e. The minimum absolute atomic E-state index is 0.0382. The average Bonchev–Trinajstić information content (AvgIpc) is 3.05. The van der Waals surface area contributed by atoms with Crippen LogP contribution in [0.1, 0.15) is 49.9 Å². The van der Waals surface area contributed by atoms with Gasteiger partial charge in [-0.3, -0.25) is 4.68 Å². The lowest BCUT2D eigenvalue weighted by molar-refractivity contribution is 0.477. The first-order chi connectivity index (χ1) is 9.59. The number of hydrogen-bond donors (Lipinski definition) is 1. The molecule has 1 saturated carbocycles. The van der Waals surface area contributed by atoms with Gasteiger partial charge in [0.1, 0.15) is 0 Å². The second-order valence-electron chi connectivity index (χ2n) is 6.02. The summed E-state index contributed by atoms with van der Waals surface area (Å²) in [4.78, 5) is 0. The number of sulfone groups is 1. The van der Waals surface area contributed by atoms with Gasteiger partial charge >= 0.3 is 0 Å². The second kappa shape index (κ2) is 5.48. The largest absolute Gasteiger partial charge is 0.310 e. The van der Waals surface area contributed by atoms with Crippen LogP contribution in [-0.2, 0) is 22.8 Å². The summed E-state index contributed by atoms with van der Waals surface area (Å²) in [5, 5.41) is 8.01. The highest BCUT2D eigenvalue weighted by atomic mass is 32.2. The molecule has 0 spiro atoms.